The Labute approximate surface area is 140 Å². The summed E-state index contributed by atoms with van der Waals surface area (Å²) in [6.45, 7) is 2.12. The number of carbonyl (C=O) groups is 1. The van der Waals surface area contributed by atoms with E-state index in [9.17, 15) is 4.79 Å². The minimum absolute atomic E-state index is 0.0205. The third-order valence-electron chi connectivity index (χ3n) is 3.75. The average molecular weight is 321 g/mol. The lowest BCUT2D eigenvalue weighted by molar-refractivity contribution is -0.113. The molecule has 0 spiro atoms. The highest BCUT2D eigenvalue weighted by atomic mass is 32.2. The molecule has 1 amide bonds. The van der Waals surface area contributed by atoms with E-state index in [1.165, 1.54) is 16.3 Å². The number of aryl methyl sites for hydroxylation is 1. The van der Waals surface area contributed by atoms with Crippen LogP contribution in [0.1, 0.15) is 12.5 Å². The number of hydrogen-bond acceptors (Lipinski definition) is 2. The zero-order valence-corrected chi connectivity index (χ0v) is 13.9. The fourth-order valence-corrected chi connectivity index (χ4v) is 3.36. The number of rotatable bonds is 5. The molecule has 0 aliphatic carbocycles. The van der Waals surface area contributed by atoms with Gasteiger partial charge in [-0.3, -0.25) is 4.79 Å². The number of amides is 1. The number of hydrogen-bond donors (Lipinski definition) is 1. The molecule has 0 aliphatic heterocycles. The molecule has 0 fully saturated rings. The fraction of sp³-hybridized carbons (Fsp3) is 0.150. The van der Waals surface area contributed by atoms with E-state index in [1.54, 1.807) is 11.8 Å². The summed E-state index contributed by atoms with van der Waals surface area (Å²) in [6, 6.07) is 22.5. The van der Waals surface area contributed by atoms with Crippen LogP contribution < -0.4 is 5.32 Å². The topological polar surface area (TPSA) is 29.1 Å². The van der Waals surface area contributed by atoms with Crippen molar-refractivity contribution in [3.05, 3.63) is 72.3 Å². The highest BCUT2D eigenvalue weighted by Crippen LogP contribution is 2.27. The largest absolute Gasteiger partial charge is 0.325 e. The third kappa shape index (κ3) is 3.93. The first-order chi connectivity index (χ1) is 11.3. The summed E-state index contributed by atoms with van der Waals surface area (Å²) in [5.74, 6) is 0.427. The fourth-order valence-electron chi connectivity index (χ4n) is 2.49. The first kappa shape index (κ1) is 15.6. The quantitative estimate of drug-likeness (QED) is 0.660. The SMILES string of the molecule is CCc1ccc(NC(=O)CSc2cccc3ccccc23)cc1. The van der Waals surface area contributed by atoms with Crippen LogP contribution in [0, 0.1) is 0 Å². The molecule has 1 N–H and O–H groups in total. The van der Waals surface area contributed by atoms with Gasteiger partial charge in [0.2, 0.25) is 5.91 Å². The van der Waals surface area contributed by atoms with Gasteiger partial charge in [-0.25, -0.2) is 0 Å². The predicted molar refractivity (Wildman–Crippen MR) is 99.1 cm³/mol. The maximum Gasteiger partial charge on any atom is 0.234 e. The Morgan fingerprint density at radius 3 is 2.48 bits per heavy atom. The van der Waals surface area contributed by atoms with E-state index in [-0.39, 0.29) is 5.91 Å². The van der Waals surface area contributed by atoms with Crippen LogP contribution >= 0.6 is 11.8 Å². The number of fused-ring (bicyclic) bond motifs is 1. The second-order valence-electron chi connectivity index (χ2n) is 5.36. The Bertz CT molecular complexity index is 806. The zero-order valence-electron chi connectivity index (χ0n) is 13.1. The van der Waals surface area contributed by atoms with Crippen molar-refractivity contribution in [2.75, 3.05) is 11.1 Å². The van der Waals surface area contributed by atoms with Gasteiger partial charge in [0.15, 0.2) is 0 Å². The van der Waals surface area contributed by atoms with Crippen molar-refractivity contribution in [2.45, 2.75) is 18.2 Å². The van der Waals surface area contributed by atoms with Gasteiger partial charge < -0.3 is 5.32 Å². The van der Waals surface area contributed by atoms with Crippen molar-refractivity contribution < 1.29 is 4.79 Å². The molecule has 0 bridgehead atoms. The van der Waals surface area contributed by atoms with E-state index in [0.717, 1.165) is 17.0 Å². The monoisotopic (exact) mass is 321 g/mol. The van der Waals surface area contributed by atoms with Gasteiger partial charge in [-0.15, -0.1) is 11.8 Å². The number of benzene rings is 3. The normalized spacial score (nSPS) is 10.7. The molecule has 0 saturated carbocycles. The van der Waals surface area contributed by atoms with Crippen LogP contribution in [-0.4, -0.2) is 11.7 Å². The van der Waals surface area contributed by atoms with E-state index in [2.05, 4.69) is 36.5 Å². The molecule has 0 radical (unpaired) electrons. The van der Waals surface area contributed by atoms with E-state index >= 15 is 0 Å². The van der Waals surface area contributed by atoms with E-state index in [1.807, 2.05) is 42.5 Å². The van der Waals surface area contributed by atoms with Gasteiger partial charge in [-0.2, -0.15) is 0 Å². The molecular weight excluding hydrogens is 302 g/mol. The molecule has 3 aromatic carbocycles. The van der Waals surface area contributed by atoms with Gasteiger partial charge >= 0.3 is 0 Å². The van der Waals surface area contributed by atoms with Gasteiger partial charge in [0, 0.05) is 10.6 Å². The number of carbonyl (C=O) groups excluding carboxylic acids is 1. The standard InChI is InChI=1S/C20H19NOS/c1-2-15-10-12-17(13-11-15)21-20(22)14-23-19-9-5-7-16-6-3-4-8-18(16)19/h3-13H,2,14H2,1H3,(H,21,22). The van der Waals surface area contributed by atoms with Crippen molar-refractivity contribution in [1.29, 1.82) is 0 Å². The van der Waals surface area contributed by atoms with Crippen LogP contribution in [0.25, 0.3) is 10.8 Å². The first-order valence-corrected chi connectivity index (χ1v) is 8.74. The molecule has 0 aromatic heterocycles. The second kappa shape index (κ2) is 7.34. The van der Waals surface area contributed by atoms with Gasteiger partial charge in [-0.05, 0) is 41.0 Å². The van der Waals surface area contributed by atoms with Crippen molar-refractivity contribution in [3.8, 4) is 0 Å². The van der Waals surface area contributed by atoms with E-state index in [4.69, 9.17) is 0 Å². The molecule has 3 rings (SSSR count). The minimum Gasteiger partial charge on any atom is -0.325 e. The lowest BCUT2D eigenvalue weighted by Crippen LogP contribution is -2.13. The summed E-state index contributed by atoms with van der Waals surface area (Å²) < 4.78 is 0. The maximum absolute atomic E-state index is 12.1. The van der Waals surface area contributed by atoms with E-state index < -0.39 is 0 Å². The van der Waals surface area contributed by atoms with Crippen molar-refractivity contribution in [3.63, 3.8) is 0 Å². The smallest absolute Gasteiger partial charge is 0.234 e. The Kier molecular flexibility index (Phi) is 4.99. The molecule has 23 heavy (non-hydrogen) atoms. The molecule has 3 heteroatoms. The summed E-state index contributed by atoms with van der Waals surface area (Å²) >= 11 is 1.57. The van der Waals surface area contributed by atoms with Gasteiger partial charge in [0.25, 0.3) is 0 Å². The number of thioether (sulfide) groups is 1. The van der Waals surface area contributed by atoms with Gasteiger partial charge in [-0.1, -0.05) is 55.5 Å². The average Bonchev–Trinajstić information content (AvgIpc) is 2.60. The Morgan fingerprint density at radius 1 is 0.957 bits per heavy atom. The van der Waals surface area contributed by atoms with Crippen LogP contribution in [0.2, 0.25) is 0 Å². The van der Waals surface area contributed by atoms with Crippen LogP contribution in [0.5, 0.6) is 0 Å². The first-order valence-electron chi connectivity index (χ1n) is 7.75. The molecular formula is C20H19NOS. The molecule has 0 heterocycles. The van der Waals surface area contributed by atoms with Gasteiger partial charge in [0.05, 0.1) is 5.75 Å². The Balaban J connectivity index is 1.63. The minimum atomic E-state index is 0.0205. The molecule has 0 unspecified atom stereocenters. The van der Waals surface area contributed by atoms with Crippen LogP contribution in [0.3, 0.4) is 0 Å². The van der Waals surface area contributed by atoms with Crippen molar-refractivity contribution in [1.82, 2.24) is 0 Å². The van der Waals surface area contributed by atoms with Crippen LogP contribution in [0.4, 0.5) is 5.69 Å². The molecule has 0 atom stereocenters. The van der Waals surface area contributed by atoms with Gasteiger partial charge in [0.1, 0.15) is 0 Å². The van der Waals surface area contributed by atoms with Crippen molar-refractivity contribution >= 4 is 34.1 Å². The highest BCUT2D eigenvalue weighted by molar-refractivity contribution is 8.00. The second-order valence-corrected chi connectivity index (χ2v) is 6.38. The maximum atomic E-state index is 12.1. The number of anilines is 1. The molecule has 3 aromatic rings. The molecule has 0 aliphatic rings. The Morgan fingerprint density at radius 2 is 1.70 bits per heavy atom. The summed E-state index contributed by atoms with van der Waals surface area (Å²) in [5.41, 5.74) is 2.12. The lowest BCUT2D eigenvalue weighted by atomic mass is 10.1. The Hall–Kier alpha value is -2.26. The summed E-state index contributed by atoms with van der Waals surface area (Å²) in [7, 11) is 0. The summed E-state index contributed by atoms with van der Waals surface area (Å²) in [4.78, 5) is 13.3. The summed E-state index contributed by atoms with van der Waals surface area (Å²) in [5, 5.41) is 5.35. The van der Waals surface area contributed by atoms with Crippen molar-refractivity contribution in [2.24, 2.45) is 0 Å². The lowest BCUT2D eigenvalue weighted by Gasteiger charge is -2.08. The number of nitrogens with one attached hydrogen (secondary N) is 1. The molecule has 2 nitrogen and oxygen atoms in total. The summed E-state index contributed by atoms with van der Waals surface area (Å²) in [6.07, 6.45) is 1.01. The van der Waals surface area contributed by atoms with Crippen LogP contribution in [-0.2, 0) is 11.2 Å². The highest BCUT2D eigenvalue weighted by Gasteiger charge is 2.06. The van der Waals surface area contributed by atoms with Crippen LogP contribution in [0.15, 0.2) is 71.6 Å². The zero-order chi connectivity index (χ0) is 16.1. The predicted octanol–water partition coefficient (Wildman–Crippen LogP) is 5.13. The molecule has 0 saturated heterocycles. The van der Waals surface area contributed by atoms with E-state index in [0.29, 0.717) is 5.75 Å². The third-order valence-corrected chi connectivity index (χ3v) is 4.83. The molecule has 116 valence electrons.